The summed E-state index contributed by atoms with van der Waals surface area (Å²) in [7, 11) is 1.67. The molecule has 3 nitrogen and oxygen atoms in total. The van der Waals surface area contributed by atoms with Gasteiger partial charge in [-0.05, 0) is 36.8 Å². The molecule has 0 radical (unpaired) electrons. The Labute approximate surface area is 122 Å². The first-order chi connectivity index (χ1) is 9.70. The van der Waals surface area contributed by atoms with Crippen LogP contribution in [0.4, 0.5) is 0 Å². The lowest BCUT2D eigenvalue weighted by Gasteiger charge is -2.15. The monoisotopic (exact) mass is 284 g/mol. The van der Waals surface area contributed by atoms with Gasteiger partial charge in [-0.1, -0.05) is 30.3 Å². The van der Waals surface area contributed by atoms with Crippen molar-refractivity contribution in [2.75, 3.05) is 7.11 Å². The van der Waals surface area contributed by atoms with Crippen molar-refractivity contribution in [1.29, 1.82) is 0 Å². The fourth-order valence-electron chi connectivity index (χ4n) is 2.49. The van der Waals surface area contributed by atoms with Gasteiger partial charge in [0.2, 0.25) is 0 Å². The Hall–Kier alpha value is -2.07. The van der Waals surface area contributed by atoms with Crippen LogP contribution in [0.3, 0.4) is 0 Å². The van der Waals surface area contributed by atoms with E-state index in [4.69, 9.17) is 17.0 Å². The van der Waals surface area contributed by atoms with Crippen LogP contribution < -0.4 is 4.74 Å². The highest BCUT2D eigenvalue weighted by atomic mass is 32.1. The maximum absolute atomic E-state index is 5.48. The molecule has 0 saturated carbocycles. The van der Waals surface area contributed by atoms with E-state index in [1.165, 1.54) is 5.56 Å². The van der Waals surface area contributed by atoms with Crippen LogP contribution in [0, 0.1) is 4.77 Å². The highest BCUT2D eigenvalue weighted by Gasteiger charge is 2.13. The van der Waals surface area contributed by atoms with Crippen molar-refractivity contribution in [2.24, 2.45) is 0 Å². The maximum Gasteiger partial charge on any atom is 0.178 e. The van der Waals surface area contributed by atoms with Gasteiger partial charge in [0.05, 0.1) is 24.2 Å². The van der Waals surface area contributed by atoms with Crippen LogP contribution in [0.25, 0.3) is 11.0 Å². The Balaban J connectivity index is 2.20. The van der Waals surface area contributed by atoms with Crippen LogP contribution in [0.2, 0.25) is 0 Å². The van der Waals surface area contributed by atoms with Crippen LogP contribution in [-0.4, -0.2) is 16.7 Å². The highest BCUT2D eigenvalue weighted by Crippen LogP contribution is 2.26. The van der Waals surface area contributed by atoms with E-state index >= 15 is 0 Å². The van der Waals surface area contributed by atoms with Crippen molar-refractivity contribution in [2.45, 2.75) is 13.0 Å². The molecular weight excluding hydrogens is 268 g/mol. The van der Waals surface area contributed by atoms with E-state index in [-0.39, 0.29) is 6.04 Å². The Morgan fingerprint density at radius 3 is 2.60 bits per heavy atom. The molecule has 0 aliphatic rings. The van der Waals surface area contributed by atoms with Crippen molar-refractivity contribution in [1.82, 2.24) is 9.55 Å². The molecule has 3 rings (SSSR count). The number of benzene rings is 2. The fourth-order valence-corrected chi connectivity index (χ4v) is 2.86. The molecule has 0 bridgehead atoms. The number of hydrogen-bond acceptors (Lipinski definition) is 2. The zero-order valence-electron chi connectivity index (χ0n) is 11.5. The molecular formula is C16H16N2OS. The average Bonchev–Trinajstić information content (AvgIpc) is 2.82. The number of nitrogens with zero attached hydrogens (tertiary/aromatic N) is 1. The zero-order valence-corrected chi connectivity index (χ0v) is 12.3. The molecule has 2 aromatic carbocycles. The van der Waals surface area contributed by atoms with Crippen LogP contribution in [-0.2, 0) is 0 Å². The van der Waals surface area contributed by atoms with E-state index in [1.807, 2.05) is 36.4 Å². The molecule has 102 valence electrons. The topological polar surface area (TPSA) is 29.9 Å². The van der Waals surface area contributed by atoms with Crippen LogP contribution in [0.1, 0.15) is 18.5 Å². The second-order valence-corrected chi connectivity index (χ2v) is 5.16. The number of imidazole rings is 1. The van der Waals surface area contributed by atoms with Crippen LogP contribution >= 0.6 is 12.2 Å². The van der Waals surface area contributed by atoms with Crippen molar-refractivity contribution in [3.05, 3.63) is 58.9 Å². The number of fused-ring (bicyclic) bond motifs is 1. The summed E-state index contributed by atoms with van der Waals surface area (Å²) in [5, 5.41) is 0. The molecule has 20 heavy (non-hydrogen) atoms. The van der Waals surface area contributed by atoms with Crippen molar-refractivity contribution >= 4 is 23.3 Å². The van der Waals surface area contributed by atoms with Gasteiger partial charge in [0, 0.05) is 6.07 Å². The smallest absolute Gasteiger partial charge is 0.178 e. The third-order valence-corrected chi connectivity index (χ3v) is 3.89. The van der Waals surface area contributed by atoms with Crippen molar-refractivity contribution < 1.29 is 4.74 Å². The Morgan fingerprint density at radius 2 is 1.90 bits per heavy atom. The largest absolute Gasteiger partial charge is 0.497 e. The average molecular weight is 284 g/mol. The molecule has 1 heterocycles. The minimum atomic E-state index is 0.171. The van der Waals surface area contributed by atoms with Gasteiger partial charge in [-0.2, -0.15) is 0 Å². The molecule has 0 aliphatic heterocycles. The van der Waals surface area contributed by atoms with E-state index in [0.717, 1.165) is 21.6 Å². The van der Waals surface area contributed by atoms with Crippen LogP contribution in [0.15, 0.2) is 48.5 Å². The molecule has 1 atom stereocenters. The van der Waals surface area contributed by atoms with Gasteiger partial charge in [0.25, 0.3) is 0 Å². The normalized spacial score (nSPS) is 12.5. The summed E-state index contributed by atoms with van der Waals surface area (Å²) in [6, 6.07) is 16.5. The molecule has 1 aromatic heterocycles. The molecule has 0 amide bonds. The number of ether oxygens (including phenoxy) is 1. The predicted molar refractivity (Wildman–Crippen MR) is 83.9 cm³/mol. The number of nitrogens with one attached hydrogen (secondary N) is 1. The van der Waals surface area contributed by atoms with Gasteiger partial charge < -0.3 is 14.3 Å². The first kappa shape index (κ1) is 12.9. The van der Waals surface area contributed by atoms with E-state index in [1.54, 1.807) is 7.11 Å². The lowest BCUT2D eigenvalue weighted by molar-refractivity contribution is 0.415. The lowest BCUT2D eigenvalue weighted by atomic mass is 10.1. The molecule has 0 spiro atoms. The van der Waals surface area contributed by atoms with Gasteiger partial charge in [0.1, 0.15) is 5.75 Å². The minimum absolute atomic E-state index is 0.171. The summed E-state index contributed by atoms with van der Waals surface area (Å²) in [5.41, 5.74) is 3.32. The van der Waals surface area contributed by atoms with Crippen molar-refractivity contribution in [3.8, 4) is 5.75 Å². The quantitative estimate of drug-likeness (QED) is 0.726. The second kappa shape index (κ2) is 5.13. The molecule has 4 heteroatoms. The number of H-pyrrole nitrogens is 1. The first-order valence-electron chi connectivity index (χ1n) is 6.54. The summed E-state index contributed by atoms with van der Waals surface area (Å²) in [6.07, 6.45) is 0. The Morgan fingerprint density at radius 1 is 1.15 bits per heavy atom. The number of hydrogen-bond donors (Lipinski definition) is 1. The second-order valence-electron chi connectivity index (χ2n) is 4.77. The highest BCUT2D eigenvalue weighted by molar-refractivity contribution is 7.71. The Bertz CT molecular complexity index is 789. The first-order valence-corrected chi connectivity index (χ1v) is 6.94. The molecule has 0 fully saturated rings. The standard InChI is InChI=1S/C16H16N2OS/c1-11(12-6-4-3-5-7-12)18-15-10-13(19-2)8-9-14(15)17-16(18)20/h3-11H,1-2H3,(H,17,20). The van der Waals surface area contributed by atoms with E-state index in [0.29, 0.717) is 0 Å². The number of rotatable bonds is 3. The summed E-state index contributed by atoms with van der Waals surface area (Å²) in [6.45, 7) is 2.15. The predicted octanol–water partition coefficient (Wildman–Crippen LogP) is 4.32. The third kappa shape index (κ3) is 2.12. The molecule has 1 N–H and O–H groups in total. The van der Waals surface area contributed by atoms with Gasteiger partial charge in [0.15, 0.2) is 4.77 Å². The van der Waals surface area contributed by atoms with Crippen molar-refractivity contribution in [3.63, 3.8) is 0 Å². The van der Waals surface area contributed by atoms with Gasteiger partial charge in [-0.25, -0.2) is 0 Å². The summed E-state index contributed by atoms with van der Waals surface area (Å²) in [5.74, 6) is 0.834. The number of aromatic amines is 1. The minimum Gasteiger partial charge on any atom is -0.497 e. The molecule has 3 aromatic rings. The van der Waals surface area contributed by atoms with Crippen LogP contribution in [0.5, 0.6) is 5.75 Å². The third-order valence-electron chi connectivity index (χ3n) is 3.59. The summed E-state index contributed by atoms with van der Waals surface area (Å²) in [4.78, 5) is 3.25. The zero-order chi connectivity index (χ0) is 14.1. The van der Waals surface area contributed by atoms with E-state index in [2.05, 4.69) is 28.6 Å². The fraction of sp³-hybridized carbons (Fsp3) is 0.188. The number of aromatic nitrogens is 2. The van der Waals surface area contributed by atoms with E-state index < -0.39 is 0 Å². The van der Waals surface area contributed by atoms with E-state index in [9.17, 15) is 0 Å². The van der Waals surface area contributed by atoms with Gasteiger partial charge >= 0.3 is 0 Å². The SMILES string of the molecule is COc1ccc2[nH]c(=S)n(C(C)c3ccccc3)c2c1. The number of methoxy groups -OCH3 is 1. The van der Waals surface area contributed by atoms with Gasteiger partial charge in [-0.3, -0.25) is 0 Å². The Kier molecular flexibility index (Phi) is 3.32. The molecule has 1 unspecified atom stereocenters. The van der Waals surface area contributed by atoms with Gasteiger partial charge in [-0.15, -0.1) is 0 Å². The molecule has 0 saturated heterocycles. The summed E-state index contributed by atoms with van der Waals surface area (Å²) >= 11 is 5.48. The maximum atomic E-state index is 5.48. The molecule has 0 aliphatic carbocycles. The summed E-state index contributed by atoms with van der Waals surface area (Å²) < 4.78 is 8.16. The lowest BCUT2D eigenvalue weighted by Crippen LogP contribution is -2.06.